The van der Waals surface area contributed by atoms with Crippen LogP contribution in [0.3, 0.4) is 0 Å². The molecular formula is C31H35N3O8. The number of anilines is 1. The van der Waals surface area contributed by atoms with E-state index in [0.717, 1.165) is 0 Å². The summed E-state index contributed by atoms with van der Waals surface area (Å²) in [6.45, 7) is 2.30. The zero-order valence-corrected chi connectivity index (χ0v) is 24.1. The van der Waals surface area contributed by atoms with Crippen molar-refractivity contribution in [1.29, 1.82) is 0 Å². The van der Waals surface area contributed by atoms with Gasteiger partial charge in [-0.3, -0.25) is 19.3 Å². The number of fused-ring (bicyclic) bond motifs is 3. The molecule has 222 valence electrons. The van der Waals surface area contributed by atoms with Gasteiger partial charge in [-0.15, -0.1) is 0 Å². The second kappa shape index (κ2) is 10.2. The van der Waals surface area contributed by atoms with E-state index in [0.29, 0.717) is 34.7 Å². The van der Waals surface area contributed by atoms with E-state index in [-0.39, 0.29) is 29.7 Å². The average Bonchev–Trinajstić information content (AvgIpc) is 2.90. The highest BCUT2D eigenvalue weighted by Crippen LogP contribution is 2.55. The fraction of sp³-hybridized carbons (Fsp3) is 0.387. The summed E-state index contributed by atoms with van der Waals surface area (Å²) in [7, 11) is 6.78. The lowest BCUT2D eigenvalue weighted by Crippen LogP contribution is -2.65. The first kappa shape index (κ1) is 29.2. The number of primary amides is 1. The minimum Gasteiger partial charge on any atom is -0.508 e. The maximum Gasteiger partial charge on any atom is 0.255 e. The summed E-state index contributed by atoms with van der Waals surface area (Å²) in [5.74, 6) is -6.21. The van der Waals surface area contributed by atoms with Crippen molar-refractivity contribution in [1.82, 2.24) is 4.90 Å². The predicted octanol–water partition coefficient (Wildman–Crippen LogP) is 2.10. The monoisotopic (exact) mass is 577 g/mol. The number of rotatable bonds is 6. The Morgan fingerprint density at radius 1 is 1.12 bits per heavy atom. The molecule has 0 bridgehead atoms. The molecule has 0 aliphatic heterocycles. The van der Waals surface area contributed by atoms with Crippen molar-refractivity contribution in [2.24, 2.45) is 17.6 Å². The van der Waals surface area contributed by atoms with Crippen LogP contribution in [0.25, 0.3) is 16.9 Å². The van der Waals surface area contributed by atoms with E-state index in [2.05, 4.69) is 0 Å². The van der Waals surface area contributed by atoms with Crippen LogP contribution in [0.5, 0.6) is 11.5 Å². The highest BCUT2D eigenvalue weighted by atomic mass is 16.5. The Hall–Kier alpha value is -4.35. The van der Waals surface area contributed by atoms with Gasteiger partial charge in [0.15, 0.2) is 11.4 Å². The van der Waals surface area contributed by atoms with Gasteiger partial charge in [0.1, 0.15) is 28.6 Å². The second-order valence-electron chi connectivity index (χ2n) is 11.5. The molecule has 1 saturated carbocycles. The number of carbonyl (C=O) groups excluding carboxylic acids is 3. The molecule has 11 heteroatoms. The van der Waals surface area contributed by atoms with Crippen LogP contribution in [0.4, 0.5) is 5.69 Å². The minimum atomic E-state index is -2.69. The molecule has 1 fully saturated rings. The Morgan fingerprint density at radius 3 is 2.40 bits per heavy atom. The zero-order valence-electron chi connectivity index (χ0n) is 24.1. The molecule has 0 saturated heterocycles. The summed E-state index contributed by atoms with van der Waals surface area (Å²) in [5.41, 5.74) is 4.00. The quantitative estimate of drug-likeness (QED) is 0.320. The highest BCUT2D eigenvalue weighted by Gasteiger charge is 2.64. The Bertz CT molecular complexity index is 1590. The number of nitrogens with two attached hydrogens (primary N) is 1. The van der Waals surface area contributed by atoms with Crippen molar-refractivity contribution in [2.75, 3.05) is 39.7 Å². The van der Waals surface area contributed by atoms with Crippen LogP contribution < -0.4 is 15.4 Å². The van der Waals surface area contributed by atoms with Gasteiger partial charge in [0.2, 0.25) is 5.78 Å². The largest absolute Gasteiger partial charge is 0.508 e. The number of nitrogens with zero attached hydrogens (tertiary/aromatic N) is 2. The van der Waals surface area contributed by atoms with E-state index in [9.17, 15) is 34.8 Å². The average molecular weight is 578 g/mol. The van der Waals surface area contributed by atoms with E-state index < -0.39 is 58.0 Å². The van der Waals surface area contributed by atoms with Crippen LogP contribution in [-0.4, -0.2) is 89.2 Å². The molecule has 0 radical (unpaired) electrons. The van der Waals surface area contributed by atoms with Crippen molar-refractivity contribution < 1.29 is 39.5 Å². The molecule has 0 aromatic heterocycles. The predicted molar refractivity (Wildman–Crippen MR) is 155 cm³/mol. The number of likely N-dealkylation sites (N-methyl/N-ethyl adjacent to an activating group) is 1. The molecule has 5 rings (SSSR count). The van der Waals surface area contributed by atoms with Gasteiger partial charge in [0.25, 0.3) is 5.91 Å². The van der Waals surface area contributed by atoms with Crippen LogP contribution >= 0.6 is 0 Å². The summed E-state index contributed by atoms with van der Waals surface area (Å²) in [6, 6.07) is 7.78. The topological polar surface area (TPSA) is 174 Å². The summed E-state index contributed by atoms with van der Waals surface area (Å²) >= 11 is 0. The number of hydrogen-bond acceptors (Lipinski definition) is 10. The number of aromatic hydroxyl groups is 1. The molecule has 2 aromatic rings. The van der Waals surface area contributed by atoms with Crippen LogP contribution in [0.15, 0.2) is 47.2 Å². The van der Waals surface area contributed by atoms with Crippen LogP contribution in [-0.2, 0) is 20.8 Å². The van der Waals surface area contributed by atoms with Gasteiger partial charge in [-0.25, -0.2) is 0 Å². The number of amides is 1. The number of phenols is 1. The van der Waals surface area contributed by atoms with Gasteiger partial charge >= 0.3 is 0 Å². The van der Waals surface area contributed by atoms with Crippen molar-refractivity contribution in [3.05, 3.63) is 58.4 Å². The zero-order chi connectivity index (χ0) is 30.8. The van der Waals surface area contributed by atoms with Crippen molar-refractivity contribution in [2.45, 2.75) is 31.4 Å². The molecule has 3 aliphatic carbocycles. The van der Waals surface area contributed by atoms with Crippen molar-refractivity contribution in [3.8, 4) is 22.6 Å². The molecule has 6 N–H and O–H groups in total. The van der Waals surface area contributed by atoms with Gasteiger partial charge in [0.05, 0.1) is 18.2 Å². The Kier molecular flexibility index (Phi) is 7.06. The SMILES string of the molecule is CCOc1cccc(-c2cc(N(C)C)c3c(c2O)C(O)=C2C(=O)C4(O)C(O)=C(C(N)=O)C(=O)C(N(C)C)C4CC2C3)c1. The fourth-order valence-corrected chi connectivity index (χ4v) is 6.83. The number of phenolic OH excluding ortho intramolecular Hbond substituents is 1. The number of benzene rings is 2. The van der Waals surface area contributed by atoms with Crippen molar-refractivity contribution >= 4 is 28.9 Å². The van der Waals surface area contributed by atoms with Gasteiger partial charge in [-0.05, 0) is 69.1 Å². The van der Waals surface area contributed by atoms with Crippen LogP contribution in [0, 0.1) is 11.8 Å². The number of hydrogen-bond donors (Lipinski definition) is 5. The lowest BCUT2D eigenvalue weighted by molar-refractivity contribution is -0.153. The molecule has 4 atom stereocenters. The molecule has 0 heterocycles. The summed E-state index contributed by atoms with van der Waals surface area (Å²) in [4.78, 5) is 42.9. The highest BCUT2D eigenvalue weighted by molar-refractivity contribution is 6.24. The number of ketones is 2. The lowest BCUT2D eigenvalue weighted by atomic mass is 9.57. The first-order chi connectivity index (χ1) is 19.7. The fourth-order valence-electron chi connectivity index (χ4n) is 6.83. The van der Waals surface area contributed by atoms with Gasteiger partial charge in [0, 0.05) is 36.8 Å². The number of ether oxygens (including phenoxy) is 1. The molecule has 42 heavy (non-hydrogen) atoms. The van der Waals surface area contributed by atoms with E-state index in [1.165, 1.54) is 4.90 Å². The van der Waals surface area contributed by atoms with Crippen molar-refractivity contribution in [3.63, 3.8) is 0 Å². The number of aliphatic hydroxyl groups excluding tert-OH is 2. The normalized spacial score (nSPS) is 25.3. The number of aliphatic hydroxyl groups is 3. The molecular weight excluding hydrogens is 542 g/mol. The van der Waals surface area contributed by atoms with E-state index in [4.69, 9.17) is 10.5 Å². The van der Waals surface area contributed by atoms with E-state index in [1.807, 2.05) is 25.9 Å². The molecule has 4 unspecified atom stereocenters. The summed E-state index contributed by atoms with van der Waals surface area (Å²) in [5, 5.41) is 46.1. The Balaban J connectivity index is 1.76. The smallest absolute Gasteiger partial charge is 0.255 e. The number of Topliss-reactive ketones (excluding diaryl/α,β-unsaturated/α-hetero) is 2. The van der Waals surface area contributed by atoms with Gasteiger partial charge in [-0.2, -0.15) is 0 Å². The maximum atomic E-state index is 14.1. The first-order valence-corrected chi connectivity index (χ1v) is 13.7. The molecule has 2 aromatic carbocycles. The van der Waals surface area contributed by atoms with Gasteiger partial charge < -0.3 is 35.8 Å². The number of carbonyl (C=O) groups is 3. The third-order valence-electron chi connectivity index (χ3n) is 8.64. The Labute approximate surface area is 243 Å². The van der Waals surface area contributed by atoms with Crippen LogP contribution in [0.2, 0.25) is 0 Å². The van der Waals surface area contributed by atoms with E-state index >= 15 is 0 Å². The standard InChI is InChI=1S/C31H35N3O8/c1-6-42-16-9-7-8-14(10-16)17-13-20(33(2)3)18-11-15-12-19-24(34(4)5)27(37)23(30(32)40)29(39)31(19,41)28(38)21(15)26(36)22(18)25(17)35/h7-10,13,15,19,24,35-36,39,41H,6,11-12H2,1-5H3,(H2,32,40). The summed E-state index contributed by atoms with van der Waals surface area (Å²) in [6.07, 6.45) is 0.229. The first-order valence-electron chi connectivity index (χ1n) is 13.7. The Morgan fingerprint density at radius 2 is 1.81 bits per heavy atom. The van der Waals surface area contributed by atoms with E-state index in [1.54, 1.807) is 44.4 Å². The molecule has 3 aliphatic rings. The minimum absolute atomic E-state index is 0.0253. The third-order valence-corrected chi connectivity index (χ3v) is 8.64. The molecule has 1 amide bonds. The second-order valence-corrected chi connectivity index (χ2v) is 11.5. The van der Waals surface area contributed by atoms with Crippen LogP contribution in [0.1, 0.15) is 24.5 Å². The third kappa shape index (κ3) is 4.06. The lowest BCUT2D eigenvalue weighted by Gasteiger charge is -2.50. The summed E-state index contributed by atoms with van der Waals surface area (Å²) < 4.78 is 5.62. The molecule has 11 nitrogen and oxygen atoms in total. The molecule has 0 spiro atoms. The maximum absolute atomic E-state index is 14.1. The van der Waals surface area contributed by atoms with Gasteiger partial charge in [-0.1, -0.05) is 12.1 Å².